The van der Waals surface area contributed by atoms with Crippen molar-refractivity contribution in [3.8, 4) is 11.9 Å². The zero-order chi connectivity index (χ0) is 21.7. The van der Waals surface area contributed by atoms with Crippen molar-refractivity contribution in [3.63, 3.8) is 0 Å². The molecule has 0 aromatic carbocycles. The minimum Gasteiger partial charge on any atom is -0.493 e. The largest absolute Gasteiger partial charge is 0.493 e. The number of ether oxygens (including phenoxy) is 1. The second-order valence-corrected chi connectivity index (χ2v) is 7.09. The maximum absolute atomic E-state index is 12.5. The molecule has 0 unspecified atom stereocenters. The summed E-state index contributed by atoms with van der Waals surface area (Å²) < 4.78 is 42.0. The van der Waals surface area contributed by atoms with Crippen molar-refractivity contribution in [3.05, 3.63) is 24.2 Å². The van der Waals surface area contributed by atoms with Gasteiger partial charge in [0, 0.05) is 26.0 Å². The molecule has 1 aliphatic heterocycles. The Morgan fingerprint density at radius 1 is 1.40 bits per heavy atom. The average Bonchev–Trinajstić information content (AvgIpc) is 2.70. The van der Waals surface area contributed by atoms with Gasteiger partial charge in [0.15, 0.2) is 6.61 Å². The summed E-state index contributed by atoms with van der Waals surface area (Å²) in [6.45, 7) is 4.78. The Hall–Kier alpha value is -2.95. The number of rotatable bonds is 7. The van der Waals surface area contributed by atoms with Gasteiger partial charge >= 0.3 is 12.2 Å². The molecule has 0 saturated carbocycles. The summed E-state index contributed by atoms with van der Waals surface area (Å²) in [7, 11) is 1.91. The van der Waals surface area contributed by atoms with Crippen LogP contribution < -0.4 is 10.1 Å². The number of nitrogens with zero attached hydrogens (tertiary/aromatic N) is 5. The Morgan fingerprint density at radius 2 is 2.13 bits per heavy atom. The molecule has 162 valence electrons. The molecule has 1 aliphatic rings. The third-order valence-electron chi connectivity index (χ3n) is 4.70. The summed E-state index contributed by atoms with van der Waals surface area (Å²) in [6, 6.07) is 0.860. The van der Waals surface area contributed by atoms with Gasteiger partial charge < -0.3 is 20.1 Å². The smallest absolute Gasteiger partial charge is 0.422 e. The zero-order valence-corrected chi connectivity index (χ0v) is 16.5. The molecule has 1 fully saturated rings. The van der Waals surface area contributed by atoms with Gasteiger partial charge in [-0.25, -0.2) is 0 Å². The van der Waals surface area contributed by atoms with Crippen LogP contribution in [-0.2, 0) is 0 Å². The van der Waals surface area contributed by atoms with Crippen molar-refractivity contribution in [1.29, 1.82) is 0 Å². The first-order chi connectivity index (χ1) is 14.3. The van der Waals surface area contributed by atoms with E-state index >= 15 is 0 Å². The molecular weight excluding hydrogens is 401 g/mol. The average molecular weight is 424 g/mol. The molecule has 0 radical (unpaired) electrons. The van der Waals surface area contributed by atoms with Crippen LogP contribution in [0.5, 0.6) is 11.9 Å². The number of nitrogens with one attached hydrogen (secondary N) is 1. The summed E-state index contributed by atoms with van der Waals surface area (Å²) in [4.78, 5) is 17.8. The predicted molar refractivity (Wildman–Crippen MR) is 106 cm³/mol. The fraction of sp³-hybridized carbons (Fsp3) is 0.474. The lowest BCUT2D eigenvalue weighted by Crippen LogP contribution is -2.33. The summed E-state index contributed by atoms with van der Waals surface area (Å²) in [5.74, 6) is 0.0279. The third-order valence-corrected chi connectivity index (χ3v) is 4.70. The number of aromatic nitrogens is 3. The van der Waals surface area contributed by atoms with E-state index < -0.39 is 24.7 Å². The minimum absolute atomic E-state index is 0.121. The fourth-order valence-electron chi connectivity index (χ4n) is 3.33. The standard InChI is InChI=1S/C19H23F3N6O2/c1-23-14(10-28(2)9-12-3-6-24-7-4-12)16-15-13(5-8-25-16)17(29)27-18(26-15)30-11-19(20,21)22/h5,8,10,12,24H,1,3-4,6-7,9,11H2,2H3,(H,26,27,29)/b14-10-. The van der Waals surface area contributed by atoms with Crippen molar-refractivity contribution in [1.82, 2.24) is 25.2 Å². The molecule has 1 saturated heterocycles. The Bertz CT molecular complexity index is 928. The number of pyridine rings is 1. The second-order valence-electron chi connectivity index (χ2n) is 7.09. The first-order valence-corrected chi connectivity index (χ1v) is 9.42. The number of aromatic hydroxyl groups is 1. The van der Waals surface area contributed by atoms with Crippen LogP contribution in [0.1, 0.15) is 18.5 Å². The van der Waals surface area contributed by atoms with Crippen molar-refractivity contribution in [2.24, 2.45) is 10.9 Å². The highest BCUT2D eigenvalue weighted by atomic mass is 19.4. The second kappa shape index (κ2) is 9.24. The van der Waals surface area contributed by atoms with E-state index in [4.69, 9.17) is 0 Å². The number of hydrogen-bond donors (Lipinski definition) is 2. The Kier molecular flexibility index (Phi) is 6.70. The van der Waals surface area contributed by atoms with E-state index in [9.17, 15) is 18.3 Å². The van der Waals surface area contributed by atoms with Crippen LogP contribution in [0.3, 0.4) is 0 Å². The lowest BCUT2D eigenvalue weighted by atomic mass is 9.98. The van der Waals surface area contributed by atoms with Gasteiger partial charge in [0.05, 0.1) is 5.39 Å². The van der Waals surface area contributed by atoms with Gasteiger partial charge in [0.1, 0.15) is 16.9 Å². The molecule has 0 spiro atoms. The summed E-state index contributed by atoms with van der Waals surface area (Å²) >= 11 is 0. The molecule has 2 N–H and O–H groups in total. The number of fused-ring (bicyclic) bond motifs is 1. The summed E-state index contributed by atoms with van der Waals surface area (Å²) in [6.07, 6.45) is 0.775. The van der Waals surface area contributed by atoms with Gasteiger partial charge in [-0.1, -0.05) is 0 Å². The van der Waals surface area contributed by atoms with E-state index in [1.807, 2.05) is 11.9 Å². The van der Waals surface area contributed by atoms with Gasteiger partial charge in [-0.3, -0.25) is 9.98 Å². The van der Waals surface area contributed by atoms with Crippen molar-refractivity contribution >= 4 is 23.3 Å². The van der Waals surface area contributed by atoms with E-state index in [0.29, 0.717) is 11.6 Å². The molecule has 8 nitrogen and oxygen atoms in total. The molecule has 30 heavy (non-hydrogen) atoms. The number of halogens is 3. The number of alkyl halides is 3. The lowest BCUT2D eigenvalue weighted by Gasteiger charge is -2.27. The van der Waals surface area contributed by atoms with Gasteiger partial charge in [0.2, 0.25) is 5.88 Å². The SMILES string of the molecule is C=N/C(=C\N(C)CC1CCNCC1)c1nccc2c(O)nc(OCC(F)(F)F)nc12. The highest BCUT2D eigenvalue weighted by Crippen LogP contribution is 2.29. The van der Waals surface area contributed by atoms with Crippen LogP contribution in [0.4, 0.5) is 13.2 Å². The molecule has 2 aromatic heterocycles. The summed E-state index contributed by atoms with van der Waals surface area (Å²) in [5, 5.41) is 13.7. The summed E-state index contributed by atoms with van der Waals surface area (Å²) in [5.41, 5.74) is 0.752. The normalized spacial score (nSPS) is 15.9. The van der Waals surface area contributed by atoms with Crippen LogP contribution in [-0.4, -0.2) is 71.1 Å². The van der Waals surface area contributed by atoms with Crippen molar-refractivity contribution in [2.45, 2.75) is 19.0 Å². The number of hydrogen-bond acceptors (Lipinski definition) is 8. The van der Waals surface area contributed by atoms with E-state index in [0.717, 1.165) is 32.5 Å². The molecular formula is C19H23F3N6O2. The van der Waals surface area contributed by atoms with E-state index in [2.05, 4.69) is 36.7 Å². The molecule has 3 heterocycles. The Labute approximate surface area is 171 Å². The van der Waals surface area contributed by atoms with Gasteiger partial charge in [0.25, 0.3) is 0 Å². The molecule has 2 aromatic rings. The number of aliphatic imine (C=N–C) groups is 1. The van der Waals surface area contributed by atoms with E-state index in [1.54, 1.807) is 6.20 Å². The van der Waals surface area contributed by atoms with Gasteiger partial charge in [-0.05, 0) is 44.6 Å². The molecule has 0 atom stereocenters. The molecule has 3 rings (SSSR count). The third kappa shape index (κ3) is 5.56. The van der Waals surface area contributed by atoms with Crippen molar-refractivity contribution in [2.75, 3.05) is 33.3 Å². The predicted octanol–water partition coefficient (Wildman–Crippen LogP) is 2.60. The first-order valence-electron chi connectivity index (χ1n) is 9.42. The molecule has 11 heteroatoms. The first kappa shape index (κ1) is 21.8. The van der Waals surface area contributed by atoms with E-state index in [1.165, 1.54) is 12.3 Å². The van der Waals surface area contributed by atoms with Crippen LogP contribution in [0.15, 0.2) is 23.5 Å². The molecule has 0 bridgehead atoms. The van der Waals surface area contributed by atoms with Crippen LogP contribution in [0.2, 0.25) is 0 Å². The maximum Gasteiger partial charge on any atom is 0.422 e. The highest BCUT2D eigenvalue weighted by Gasteiger charge is 2.29. The van der Waals surface area contributed by atoms with Crippen LogP contribution >= 0.6 is 0 Å². The molecule has 0 aliphatic carbocycles. The topological polar surface area (TPSA) is 95.8 Å². The Balaban J connectivity index is 1.91. The van der Waals surface area contributed by atoms with Crippen LogP contribution in [0, 0.1) is 5.92 Å². The van der Waals surface area contributed by atoms with Crippen LogP contribution in [0.25, 0.3) is 16.6 Å². The minimum atomic E-state index is -4.56. The van der Waals surface area contributed by atoms with E-state index in [-0.39, 0.29) is 16.6 Å². The molecule has 0 amide bonds. The highest BCUT2D eigenvalue weighted by molar-refractivity contribution is 5.92. The monoisotopic (exact) mass is 424 g/mol. The number of piperidine rings is 1. The lowest BCUT2D eigenvalue weighted by molar-refractivity contribution is -0.154. The van der Waals surface area contributed by atoms with Gasteiger partial charge in [-0.2, -0.15) is 23.1 Å². The quantitative estimate of drug-likeness (QED) is 0.660. The maximum atomic E-state index is 12.5. The van der Waals surface area contributed by atoms with Gasteiger partial charge in [-0.15, -0.1) is 0 Å². The Morgan fingerprint density at radius 3 is 2.80 bits per heavy atom. The fourth-order valence-corrected chi connectivity index (χ4v) is 3.33. The zero-order valence-electron chi connectivity index (χ0n) is 16.5. The van der Waals surface area contributed by atoms with Crippen molar-refractivity contribution < 1.29 is 23.0 Å².